The van der Waals surface area contributed by atoms with E-state index in [0.29, 0.717) is 22.7 Å². The topological polar surface area (TPSA) is 86.8 Å². The van der Waals surface area contributed by atoms with Gasteiger partial charge in [-0.3, -0.25) is 13.9 Å². The summed E-state index contributed by atoms with van der Waals surface area (Å²) in [7, 11) is -4.19. The summed E-state index contributed by atoms with van der Waals surface area (Å²) in [5.41, 5.74) is 1.82. The Balaban J connectivity index is 2.05. The second-order valence-corrected chi connectivity index (χ2v) is 11.8. The van der Waals surface area contributed by atoms with Crippen molar-refractivity contribution in [3.8, 4) is 0 Å². The lowest BCUT2D eigenvalue weighted by Gasteiger charge is -2.33. The van der Waals surface area contributed by atoms with Crippen molar-refractivity contribution in [2.45, 2.75) is 57.6 Å². The van der Waals surface area contributed by atoms with Gasteiger partial charge in [-0.25, -0.2) is 12.8 Å². The van der Waals surface area contributed by atoms with E-state index < -0.39 is 34.3 Å². The number of halogens is 2. The van der Waals surface area contributed by atoms with E-state index in [4.69, 9.17) is 11.6 Å². The molecule has 0 aliphatic heterocycles. The van der Waals surface area contributed by atoms with E-state index in [1.165, 1.54) is 53.4 Å². The van der Waals surface area contributed by atoms with Crippen molar-refractivity contribution in [3.63, 3.8) is 0 Å². The van der Waals surface area contributed by atoms with Gasteiger partial charge in [0.05, 0.1) is 10.6 Å². The normalized spacial score (nSPS) is 12.2. The molecule has 0 radical (unpaired) electrons. The summed E-state index contributed by atoms with van der Waals surface area (Å²) in [5, 5.41) is 3.21. The maximum atomic E-state index is 13.9. The largest absolute Gasteiger partial charge is 0.352 e. The zero-order chi connectivity index (χ0) is 28.7. The van der Waals surface area contributed by atoms with Gasteiger partial charge in [-0.2, -0.15) is 0 Å². The van der Waals surface area contributed by atoms with Crippen molar-refractivity contribution in [1.82, 2.24) is 10.2 Å². The Morgan fingerprint density at radius 2 is 1.54 bits per heavy atom. The monoisotopic (exact) mass is 573 g/mol. The number of nitrogens with one attached hydrogen (secondary N) is 1. The van der Waals surface area contributed by atoms with Gasteiger partial charge in [-0.15, -0.1) is 0 Å². The first-order chi connectivity index (χ1) is 18.4. The van der Waals surface area contributed by atoms with E-state index in [0.717, 1.165) is 9.87 Å². The molecule has 208 valence electrons. The van der Waals surface area contributed by atoms with Crippen LogP contribution < -0.4 is 9.62 Å². The van der Waals surface area contributed by atoms with Crippen LogP contribution in [0.15, 0.2) is 77.7 Å². The van der Waals surface area contributed by atoms with E-state index in [1.807, 2.05) is 20.8 Å². The van der Waals surface area contributed by atoms with Gasteiger partial charge in [0.25, 0.3) is 10.0 Å². The molecule has 0 saturated carbocycles. The van der Waals surface area contributed by atoms with Crippen LogP contribution in [0.25, 0.3) is 0 Å². The number of hydrogen-bond donors (Lipinski definition) is 1. The number of rotatable bonds is 11. The Bertz CT molecular complexity index is 1380. The van der Waals surface area contributed by atoms with Gasteiger partial charge in [-0.05, 0) is 81.3 Å². The quantitative estimate of drug-likeness (QED) is 0.337. The van der Waals surface area contributed by atoms with Crippen molar-refractivity contribution in [2.24, 2.45) is 0 Å². The molecule has 7 nitrogen and oxygen atoms in total. The molecule has 0 fully saturated rings. The number of carbonyl (C=O) groups excluding carboxylic acids is 2. The van der Waals surface area contributed by atoms with Crippen molar-refractivity contribution in [2.75, 3.05) is 10.8 Å². The van der Waals surface area contributed by atoms with Crippen LogP contribution in [0.1, 0.15) is 38.3 Å². The lowest BCUT2D eigenvalue weighted by Crippen LogP contribution is -2.53. The second kappa shape index (κ2) is 13.1. The molecule has 0 aliphatic carbocycles. The number of sulfonamides is 1. The lowest BCUT2D eigenvalue weighted by atomic mass is 10.1. The molecular weight excluding hydrogens is 541 g/mol. The third-order valence-electron chi connectivity index (χ3n) is 6.09. The predicted molar refractivity (Wildman–Crippen MR) is 151 cm³/mol. The fourth-order valence-corrected chi connectivity index (χ4v) is 5.60. The number of anilines is 1. The summed E-state index contributed by atoms with van der Waals surface area (Å²) in [6.07, 6.45) is 0.292. The summed E-state index contributed by atoms with van der Waals surface area (Å²) < 4.78 is 42.2. The van der Waals surface area contributed by atoms with Crippen LogP contribution >= 0.6 is 11.6 Å². The summed E-state index contributed by atoms with van der Waals surface area (Å²) in [6, 6.07) is 17.0. The Morgan fingerprint density at radius 3 is 2.08 bits per heavy atom. The summed E-state index contributed by atoms with van der Waals surface area (Å²) in [5.74, 6) is -1.37. The van der Waals surface area contributed by atoms with Gasteiger partial charge < -0.3 is 10.2 Å². The average Bonchev–Trinajstić information content (AvgIpc) is 2.88. The van der Waals surface area contributed by atoms with Crippen LogP contribution in [-0.2, 0) is 26.2 Å². The predicted octanol–water partition coefficient (Wildman–Crippen LogP) is 5.31. The minimum absolute atomic E-state index is 0.00807. The fraction of sp³-hybridized carbons (Fsp3) is 0.310. The maximum absolute atomic E-state index is 13.9. The molecule has 1 atom stereocenters. The maximum Gasteiger partial charge on any atom is 0.264 e. The zero-order valence-corrected chi connectivity index (χ0v) is 24.0. The van der Waals surface area contributed by atoms with Gasteiger partial charge in [-0.1, -0.05) is 48.4 Å². The Morgan fingerprint density at radius 1 is 0.949 bits per heavy atom. The summed E-state index contributed by atoms with van der Waals surface area (Å²) in [4.78, 5) is 28.4. The van der Waals surface area contributed by atoms with Crippen LogP contribution in [-0.4, -0.2) is 43.8 Å². The number of benzene rings is 3. The molecule has 0 saturated heterocycles. The Hall–Kier alpha value is -3.43. The standard InChI is InChI=1S/C29H33ClFN3O4S/c1-5-27(29(36)32-20(2)3)33(18-22-8-12-24(31)13-9-22)28(35)19-34(25-14-6-21(4)7-15-25)39(37,38)26-16-10-23(30)11-17-26/h6-17,20,27H,5,18-19H2,1-4H3,(H,32,36)/t27-/m0/s1. The van der Waals surface area contributed by atoms with Crippen molar-refractivity contribution in [1.29, 1.82) is 0 Å². The first-order valence-electron chi connectivity index (χ1n) is 12.6. The molecule has 3 aromatic carbocycles. The number of carbonyl (C=O) groups is 2. The van der Waals surface area contributed by atoms with Crippen molar-refractivity contribution >= 4 is 39.1 Å². The van der Waals surface area contributed by atoms with Gasteiger partial charge in [0.2, 0.25) is 11.8 Å². The second-order valence-electron chi connectivity index (χ2n) is 9.54. The molecule has 0 unspecified atom stereocenters. The summed E-state index contributed by atoms with van der Waals surface area (Å²) in [6.45, 7) is 6.71. The molecule has 1 N–H and O–H groups in total. The molecule has 3 aromatic rings. The molecule has 2 amide bonds. The third-order valence-corrected chi connectivity index (χ3v) is 8.13. The number of nitrogens with zero attached hydrogens (tertiary/aromatic N) is 2. The molecule has 39 heavy (non-hydrogen) atoms. The Kier molecular flexibility index (Phi) is 10.1. The molecule has 10 heteroatoms. The molecule has 0 aliphatic rings. The highest BCUT2D eigenvalue weighted by Gasteiger charge is 2.33. The minimum atomic E-state index is -4.19. The lowest BCUT2D eigenvalue weighted by molar-refractivity contribution is -0.140. The highest BCUT2D eigenvalue weighted by Crippen LogP contribution is 2.26. The van der Waals surface area contributed by atoms with E-state index in [2.05, 4.69) is 5.32 Å². The number of amides is 2. The molecule has 0 spiro atoms. The highest BCUT2D eigenvalue weighted by molar-refractivity contribution is 7.92. The van der Waals surface area contributed by atoms with Gasteiger partial charge >= 0.3 is 0 Å². The smallest absolute Gasteiger partial charge is 0.264 e. The molecule has 0 aromatic heterocycles. The zero-order valence-electron chi connectivity index (χ0n) is 22.4. The number of aryl methyl sites for hydroxylation is 1. The third kappa shape index (κ3) is 7.80. The fourth-order valence-electron chi connectivity index (χ4n) is 4.06. The van der Waals surface area contributed by atoms with E-state index >= 15 is 0 Å². The molecule has 0 bridgehead atoms. The summed E-state index contributed by atoms with van der Waals surface area (Å²) >= 11 is 5.97. The SMILES string of the molecule is CC[C@@H](C(=O)NC(C)C)N(Cc1ccc(F)cc1)C(=O)CN(c1ccc(C)cc1)S(=O)(=O)c1ccc(Cl)cc1. The first kappa shape index (κ1) is 30.1. The molecule has 0 heterocycles. The minimum Gasteiger partial charge on any atom is -0.352 e. The van der Waals surface area contributed by atoms with Crippen molar-refractivity contribution < 1.29 is 22.4 Å². The van der Waals surface area contributed by atoms with Crippen LogP contribution in [0.5, 0.6) is 0 Å². The highest BCUT2D eigenvalue weighted by atomic mass is 35.5. The van der Waals surface area contributed by atoms with E-state index in [1.54, 1.807) is 31.2 Å². The van der Waals surface area contributed by atoms with Gasteiger partial charge in [0.1, 0.15) is 18.4 Å². The van der Waals surface area contributed by atoms with Crippen LogP contribution in [0, 0.1) is 12.7 Å². The van der Waals surface area contributed by atoms with E-state index in [-0.39, 0.29) is 23.4 Å². The van der Waals surface area contributed by atoms with Crippen LogP contribution in [0.2, 0.25) is 5.02 Å². The average molecular weight is 574 g/mol. The number of hydrogen-bond acceptors (Lipinski definition) is 4. The Labute approximate surface area is 234 Å². The molecular formula is C29H33ClFN3O4S. The van der Waals surface area contributed by atoms with Gasteiger partial charge in [0.15, 0.2) is 0 Å². The van der Waals surface area contributed by atoms with Crippen LogP contribution in [0.4, 0.5) is 10.1 Å². The van der Waals surface area contributed by atoms with Gasteiger partial charge in [0, 0.05) is 17.6 Å². The van der Waals surface area contributed by atoms with Crippen LogP contribution in [0.3, 0.4) is 0 Å². The first-order valence-corrected chi connectivity index (χ1v) is 14.4. The molecule has 3 rings (SSSR count). The van der Waals surface area contributed by atoms with E-state index in [9.17, 15) is 22.4 Å². The van der Waals surface area contributed by atoms with Crippen molar-refractivity contribution in [3.05, 3.63) is 94.8 Å².